The van der Waals surface area contributed by atoms with Crippen molar-refractivity contribution in [2.45, 2.75) is 199 Å². The smallest absolute Gasteiger partial charge is 0.328 e. The number of rotatable bonds is 37. The number of carboxylic acid groups (broad SMARTS) is 1. The molecule has 9 heteroatoms. The number of carboxylic acids is 1. The Kier molecular flexibility index (Phi) is 35.7. The van der Waals surface area contributed by atoms with E-state index in [1.165, 1.54) is 77.0 Å². The van der Waals surface area contributed by atoms with E-state index >= 15 is 0 Å². The Labute approximate surface area is 316 Å². The zero-order valence-electron chi connectivity index (χ0n) is 33.1. The molecule has 0 aliphatic heterocycles. The fourth-order valence-corrected chi connectivity index (χ4v) is 5.82. The number of carbonyl (C=O) groups is 4. The van der Waals surface area contributed by atoms with Crippen molar-refractivity contribution in [2.75, 3.05) is 13.2 Å². The molecule has 0 saturated carbocycles. The Morgan fingerprint density at radius 2 is 1.12 bits per heavy atom. The van der Waals surface area contributed by atoms with Crippen LogP contribution in [0.5, 0.6) is 0 Å². The third-order valence-electron chi connectivity index (χ3n) is 9.09. The maximum Gasteiger partial charge on any atom is 0.328 e. The highest BCUT2D eigenvalue weighted by atomic mass is 16.5. The molecule has 300 valence electrons. The van der Waals surface area contributed by atoms with Crippen molar-refractivity contribution in [3.63, 3.8) is 0 Å². The van der Waals surface area contributed by atoms with Gasteiger partial charge in [-0.25, -0.2) is 4.79 Å². The lowest BCUT2D eigenvalue weighted by atomic mass is 10.0. The second-order valence-electron chi connectivity index (χ2n) is 14.1. The first-order chi connectivity index (χ1) is 25.3. The number of ether oxygens (including phenoxy) is 1. The van der Waals surface area contributed by atoms with Gasteiger partial charge in [-0.2, -0.15) is 0 Å². The Morgan fingerprint density at radius 3 is 1.71 bits per heavy atom. The van der Waals surface area contributed by atoms with Crippen molar-refractivity contribution in [1.82, 2.24) is 10.6 Å². The average Bonchev–Trinajstić information content (AvgIpc) is 3.13. The summed E-state index contributed by atoms with van der Waals surface area (Å²) in [7, 11) is 0. The molecule has 0 bridgehead atoms. The summed E-state index contributed by atoms with van der Waals surface area (Å²) in [6.45, 7) is 3.43. The minimum absolute atomic E-state index is 0.0913. The van der Waals surface area contributed by atoms with Gasteiger partial charge in [0.05, 0.1) is 13.2 Å². The van der Waals surface area contributed by atoms with Crippen molar-refractivity contribution in [3.8, 4) is 0 Å². The number of aliphatic hydroxyl groups excluding tert-OH is 1. The number of allylic oxidation sites excluding steroid dienone is 5. The number of amides is 2. The maximum atomic E-state index is 12.7. The molecule has 9 nitrogen and oxygen atoms in total. The molecule has 0 aromatic carbocycles. The monoisotopic (exact) mass is 733 g/mol. The summed E-state index contributed by atoms with van der Waals surface area (Å²) >= 11 is 0. The van der Waals surface area contributed by atoms with Crippen molar-refractivity contribution in [3.05, 3.63) is 36.5 Å². The molecule has 4 N–H and O–H groups in total. The van der Waals surface area contributed by atoms with E-state index in [2.05, 4.69) is 60.9 Å². The lowest BCUT2D eigenvalue weighted by Crippen LogP contribution is -2.47. The lowest BCUT2D eigenvalue weighted by Gasteiger charge is -2.15. The summed E-state index contributed by atoms with van der Waals surface area (Å²) in [5.41, 5.74) is 0. The van der Waals surface area contributed by atoms with Crippen molar-refractivity contribution >= 4 is 23.8 Å². The molecule has 52 heavy (non-hydrogen) atoms. The van der Waals surface area contributed by atoms with E-state index in [4.69, 9.17) is 14.9 Å². The quantitative estimate of drug-likeness (QED) is 0.0283. The van der Waals surface area contributed by atoms with Gasteiger partial charge in [-0.05, 0) is 70.3 Å². The first-order valence-corrected chi connectivity index (χ1v) is 20.9. The van der Waals surface area contributed by atoms with Crippen LogP contribution >= 0.6 is 0 Å². The standard InChI is InChI=1S/C43H76N2O7/c1-3-5-7-9-11-13-14-15-16-17-19-21-27-31-35-42(49)52-38(32-28-24-20-18-12-10-8-6-4-2)33-29-25-22-23-26-30-34-40(47)44-36-41(48)45-39(37-46)43(50)51/h9,11,14-15,28,32,38-39,46H,3-8,10,12-13,16-27,29-31,33-37H2,1-2H3,(H,44,47)(H,45,48)(H,50,51)/b11-9-,15-14-,32-28-. The van der Waals surface area contributed by atoms with Gasteiger partial charge in [0.1, 0.15) is 12.1 Å². The minimum atomic E-state index is -1.38. The molecule has 0 rings (SSSR count). The predicted octanol–water partition coefficient (Wildman–Crippen LogP) is 9.82. The molecule has 2 amide bonds. The molecule has 2 unspecified atom stereocenters. The number of aliphatic carboxylic acids is 1. The van der Waals surface area contributed by atoms with E-state index in [1.54, 1.807) is 0 Å². The second-order valence-corrected chi connectivity index (χ2v) is 14.1. The van der Waals surface area contributed by atoms with Crippen LogP contribution in [0.4, 0.5) is 0 Å². The van der Waals surface area contributed by atoms with Crippen LogP contribution in [0.15, 0.2) is 36.5 Å². The Balaban J connectivity index is 4.30. The Hall–Kier alpha value is -2.94. The largest absolute Gasteiger partial charge is 0.480 e. The number of carbonyl (C=O) groups excluding carboxylic acids is 3. The fraction of sp³-hybridized carbons (Fsp3) is 0.767. The van der Waals surface area contributed by atoms with Gasteiger partial charge in [0.15, 0.2) is 0 Å². The predicted molar refractivity (Wildman–Crippen MR) is 213 cm³/mol. The van der Waals surface area contributed by atoms with Gasteiger partial charge in [-0.1, -0.05) is 141 Å². The number of aliphatic hydroxyl groups is 1. The van der Waals surface area contributed by atoms with Crippen LogP contribution in [-0.2, 0) is 23.9 Å². The van der Waals surface area contributed by atoms with E-state index in [-0.39, 0.29) is 24.5 Å². The summed E-state index contributed by atoms with van der Waals surface area (Å²) < 4.78 is 5.93. The van der Waals surface area contributed by atoms with E-state index < -0.39 is 24.5 Å². The number of esters is 1. The highest BCUT2D eigenvalue weighted by molar-refractivity contribution is 5.87. The van der Waals surface area contributed by atoms with Crippen LogP contribution in [0.2, 0.25) is 0 Å². The molecule has 0 heterocycles. The summed E-state index contributed by atoms with van der Waals surface area (Å²) in [6, 6.07) is -1.38. The van der Waals surface area contributed by atoms with Crippen LogP contribution in [0, 0.1) is 0 Å². The van der Waals surface area contributed by atoms with Gasteiger partial charge < -0.3 is 25.6 Å². The highest BCUT2D eigenvalue weighted by Gasteiger charge is 2.18. The van der Waals surface area contributed by atoms with Gasteiger partial charge in [0.25, 0.3) is 0 Å². The summed E-state index contributed by atoms with van der Waals surface area (Å²) in [5, 5.41) is 22.5. The Bertz CT molecular complexity index is 979. The van der Waals surface area contributed by atoms with Crippen LogP contribution in [0.3, 0.4) is 0 Å². The van der Waals surface area contributed by atoms with E-state index in [0.717, 1.165) is 77.0 Å². The zero-order chi connectivity index (χ0) is 38.3. The molecule has 0 saturated heterocycles. The van der Waals surface area contributed by atoms with Gasteiger partial charge >= 0.3 is 11.9 Å². The highest BCUT2D eigenvalue weighted by Crippen LogP contribution is 2.16. The first kappa shape index (κ1) is 49.1. The van der Waals surface area contributed by atoms with Gasteiger partial charge in [-0.15, -0.1) is 0 Å². The van der Waals surface area contributed by atoms with Gasteiger partial charge in [-0.3, -0.25) is 14.4 Å². The van der Waals surface area contributed by atoms with Crippen LogP contribution in [-0.4, -0.2) is 59.3 Å². The van der Waals surface area contributed by atoms with E-state index in [1.807, 2.05) is 0 Å². The SMILES string of the molecule is CCCC/C=C\C/C=C\CCCCCCCC(=O)OC(/C=C\CCCCCCCCC)CCCCCCCCC(=O)NCC(=O)NC(CO)C(=O)O. The number of hydrogen-bond donors (Lipinski definition) is 4. The molecule has 0 aliphatic carbocycles. The molecular formula is C43H76N2O7. The van der Waals surface area contributed by atoms with Crippen LogP contribution < -0.4 is 10.6 Å². The number of hydrogen-bond acceptors (Lipinski definition) is 6. The zero-order valence-corrected chi connectivity index (χ0v) is 33.1. The summed E-state index contributed by atoms with van der Waals surface area (Å²) in [5.74, 6) is -2.34. The molecule has 0 aliphatic rings. The third-order valence-corrected chi connectivity index (χ3v) is 9.09. The molecule has 0 radical (unpaired) electrons. The Morgan fingerprint density at radius 1 is 0.596 bits per heavy atom. The molecule has 0 fully saturated rings. The normalized spacial score (nSPS) is 12.8. The first-order valence-electron chi connectivity index (χ1n) is 20.9. The lowest BCUT2D eigenvalue weighted by molar-refractivity contribution is -0.147. The molecule has 2 atom stereocenters. The second kappa shape index (κ2) is 37.8. The van der Waals surface area contributed by atoms with Crippen LogP contribution in [0.25, 0.3) is 0 Å². The average molecular weight is 733 g/mol. The number of unbranched alkanes of at least 4 members (excludes halogenated alkanes) is 19. The van der Waals surface area contributed by atoms with Crippen molar-refractivity contribution in [2.24, 2.45) is 0 Å². The topological polar surface area (TPSA) is 142 Å². The van der Waals surface area contributed by atoms with Gasteiger partial charge in [0, 0.05) is 12.8 Å². The van der Waals surface area contributed by atoms with Gasteiger partial charge in [0.2, 0.25) is 11.8 Å². The molecular weight excluding hydrogens is 656 g/mol. The van der Waals surface area contributed by atoms with E-state index in [9.17, 15) is 19.2 Å². The van der Waals surface area contributed by atoms with Crippen molar-refractivity contribution < 1.29 is 34.1 Å². The molecule has 0 spiro atoms. The number of nitrogens with one attached hydrogen (secondary N) is 2. The van der Waals surface area contributed by atoms with Crippen LogP contribution in [0.1, 0.15) is 187 Å². The summed E-state index contributed by atoms with van der Waals surface area (Å²) in [6.07, 6.45) is 41.8. The third kappa shape index (κ3) is 34.2. The van der Waals surface area contributed by atoms with E-state index in [0.29, 0.717) is 19.3 Å². The molecule has 0 aromatic heterocycles. The fourth-order valence-electron chi connectivity index (χ4n) is 5.82. The molecule has 0 aromatic rings. The summed E-state index contributed by atoms with van der Waals surface area (Å²) in [4.78, 5) is 47.4. The minimum Gasteiger partial charge on any atom is -0.480 e. The maximum absolute atomic E-state index is 12.7. The van der Waals surface area contributed by atoms with Crippen molar-refractivity contribution in [1.29, 1.82) is 0 Å².